The van der Waals surface area contributed by atoms with Crippen molar-refractivity contribution in [1.82, 2.24) is 0 Å². The summed E-state index contributed by atoms with van der Waals surface area (Å²) in [5, 5.41) is 11.8. The molecular formula is C20H20N2O2. The summed E-state index contributed by atoms with van der Waals surface area (Å²) in [4.78, 5) is 12.1. The lowest BCUT2D eigenvalue weighted by Gasteiger charge is -2.05. The lowest BCUT2D eigenvalue weighted by Crippen LogP contribution is -1.99. The molecule has 0 heterocycles. The van der Waals surface area contributed by atoms with Gasteiger partial charge < -0.3 is 10.1 Å². The van der Waals surface area contributed by atoms with Gasteiger partial charge in [0.25, 0.3) is 0 Å². The van der Waals surface area contributed by atoms with E-state index in [0.29, 0.717) is 17.7 Å². The first-order chi connectivity index (χ1) is 11.7. The Bertz CT molecular complexity index is 726. The molecule has 0 saturated carbocycles. The lowest BCUT2D eigenvalue weighted by atomic mass is 10.1. The number of carbonyl (C=O) groups excluding carboxylic acids is 1. The Morgan fingerprint density at radius 1 is 1.17 bits per heavy atom. The fourth-order valence-corrected chi connectivity index (χ4v) is 2.00. The normalized spacial score (nSPS) is 10.3. The predicted molar refractivity (Wildman–Crippen MR) is 95.1 cm³/mol. The van der Waals surface area contributed by atoms with Gasteiger partial charge in [-0.2, -0.15) is 5.26 Å². The van der Waals surface area contributed by atoms with Gasteiger partial charge in [0.1, 0.15) is 5.75 Å². The van der Waals surface area contributed by atoms with Crippen LogP contribution in [-0.4, -0.2) is 12.4 Å². The molecule has 2 aromatic rings. The minimum Gasteiger partial charge on any atom is -0.494 e. The highest BCUT2D eigenvalue weighted by atomic mass is 16.5. The van der Waals surface area contributed by atoms with Gasteiger partial charge in [0.2, 0.25) is 0 Å². The maximum absolute atomic E-state index is 12.1. The number of nitrogens with one attached hydrogen (secondary N) is 1. The van der Waals surface area contributed by atoms with E-state index in [1.54, 1.807) is 42.6 Å². The monoisotopic (exact) mass is 320 g/mol. The van der Waals surface area contributed by atoms with Gasteiger partial charge >= 0.3 is 0 Å². The van der Waals surface area contributed by atoms with Crippen LogP contribution in [0.25, 0.3) is 0 Å². The van der Waals surface area contributed by atoms with Crippen LogP contribution in [0, 0.1) is 11.3 Å². The van der Waals surface area contributed by atoms with E-state index in [1.807, 2.05) is 12.1 Å². The van der Waals surface area contributed by atoms with Gasteiger partial charge in [0, 0.05) is 23.5 Å². The standard InChI is InChI=1S/C20H20N2O2/c1-2-3-14-24-19-10-6-17(7-11-19)20(23)12-13-22-18-8-4-16(15-21)5-9-18/h4-13,22H,2-3,14H2,1H3/b13-12+. The van der Waals surface area contributed by atoms with Gasteiger partial charge in [0.05, 0.1) is 18.2 Å². The molecule has 0 atom stereocenters. The number of ketones is 1. The zero-order chi connectivity index (χ0) is 17.2. The molecule has 0 fully saturated rings. The number of ether oxygens (including phenoxy) is 1. The maximum Gasteiger partial charge on any atom is 0.187 e. The number of unbranched alkanes of at least 4 members (excludes halogenated alkanes) is 1. The first-order valence-corrected chi connectivity index (χ1v) is 7.93. The molecule has 4 nitrogen and oxygen atoms in total. The predicted octanol–water partition coefficient (Wildman–Crippen LogP) is 4.55. The molecule has 0 bridgehead atoms. The number of carbonyl (C=O) groups is 1. The fourth-order valence-electron chi connectivity index (χ4n) is 2.00. The fraction of sp³-hybridized carbons (Fsp3) is 0.200. The average molecular weight is 320 g/mol. The zero-order valence-electron chi connectivity index (χ0n) is 13.7. The Morgan fingerprint density at radius 3 is 2.50 bits per heavy atom. The molecule has 0 saturated heterocycles. The smallest absolute Gasteiger partial charge is 0.187 e. The molecule has 0 aliphatic heterocycles. The zero-order valence-corrected chi connectivity index (χ0v) is 13.7. The van der Waals surface area contributed by atoms with Crippen molar-refractivity contribution in [1.29, 1.82) is 5.26 Å². The maximum atomic E-state index is 12.1. The topological polar surface area (TPSA) is 62.1 Å². The van der Waals surface area contributed by atoms with Crippen molar-refractivity contribution in [2.75, 3.05) is 11.9 Å². The molecule has 2 rings (SSSR count). The summed E-state index contributed by atoms with van der Waals surface area (Å²) in [6, 6.07) is 16.2. The second-order valence-corrected chi connectivity index (χ2v) is 5.26. The van der Waals surface area contributed by atoms with E-state index >= 15 is 0 Å². The van der Waals surface area contributed by atoms with E-state index in [0.717, 1.165) is 24.3 Å². The second-order valence-electron chi connectivity index (χ2n) is 5.26. The number of nitriles is 1. The van der Waals surface area contributed by atoms with E-state index in [1.165, 1.54) is 6.08 Å². The quantitative estimate of drug-likeness (QED) is 0.440. The number of hydrogen-bond acceptors (Lipinski definition) is 4. The summed E-state index contributed by atoms with van der Waals surface area (Å²) in [7, 11) is 0. The molecule has 1 N–H and O–H groups in total. The highest BCUT2D eigenvalue weighted by Crippen LogP contribution is 2.14. The molecule has 0 amide bonds. The SMILES string of the molecule is CCCCOc1ccc(C(=O)/C=C/Nc2ccc(C#N)cc2)cc1. The van der Waals surface area contributed by atoms with Crippen LogP contribution in [-0.2, 0) is 0 Å². The Balaban J connectivity index is 1.87. The van der Waals surface area contributed by atoms with Gasteiger partial charge in [-0.1, -0.05) is 13.3 Å². The van der Waals surface area contributed by atoms with Crippen molar-refractivity contribution in [3.63, 3.8) is 0 Å². The lowest BCUT2D eigenvalue weighted by molar-refractivity contribution is 0.104. The molecule has 0 aromatic heterocycles. The molecule has 0 aliphatic carbocycles. The second kappa shape index (κ2) is 9.16. The summed E-state index contributed by atoms with van der Waals surface area (Å²) in [6.07, 6.45) is 5.18. The minimum atomic E-state index is -0.0868. The number of nitrogens with zero attached hydrogens (tertiary/aromatic N) is 1. The first-order valence-electron chi connectivity index (χ1n) is 7.93. The van der Waals surface area contributed by atoms with Gasteiger partial charge in [-0.15, -0.1) is 0 Å². The summed E-state index contributed by atoms with van der Waals surface area (Å²) in [6.45, 7) is 2.81. The van der Waals surface area contributed by atoms with Crippen molar-refractivity contribution < 1.29 is 9.53 Å². The molecule has 4 heteroatoms. The van der Waals surface area contributed by atoms with Gasteiger partial charge in [-0.25, -0.2) is 0 Å². The van der Waals surface area contributed by atoms with Crippen LogP contribution >= 0.6 is 0 Å². The molecule has 2 aromatic carbocycles. The van der Waals surface area contributed by atoms with Crippen molar-refractivity contribution in [3.8, 4) is 11.8 Å². The minimum absolute atomic E-state index is 0.0868. The third-order valence-electron chi connectivity index (χ3n) is 3.40. The van der Waals surface area contributed by atoms with Crippen molar-refractivity contribution in [3.05, 3.63) is 71.9 Å². The highest BCUT2D eigenvalue weighted by molar-refractivity contribution is 6.04. The Kier molecular flexibility index (Phi) is 6.60. The number of benzene rings is 2. The largest absolute Gasteiger partial charge is 0.494 e. The van der Waals surface area contributed by atoms with E-state index in [-0.39, 0.29) is 5.78 Å². The number of allylic oxidation sites excluding steroid dienone is 1. The van der Waals surface area contributed by atoms with E-state index in [2.05, 4.69) is 18.3 Å². The van der Waals surface area contributed by atoms with E-state index < -0.39 is 0 Å². The average Bonchev–Trinajstić information content (AvgIpc) is 2.63. The van der Waals surface area contributed by atoms with E-state index in [4.69, 9.17) is 10.00 Å². The summed E-state index contributed by atoms with van der Waals surface area (Å²) in [5.74, 6) is 0.691. The number of rotatable bonds is 8. The van der Waals surface area contributed by atoms with E-state index in [9.17, 15) is 4.79 Å². The van der Waals surface area contributed by atoms with Gasteiger partial charge in [-0.05, 0) is 55.0 Å². The van der Waals surface area contributed by atoms with Crippen LogP contribution < -0.4 is 10.1 Å². The Hall–Kier alpha value is -3.06. The third kappa shape index (κ3) is 5.29. The molecule has 0 aliphatic rings. The van der Waals surface area contributed by atoms with Gasteiger partial charge in [0.15, 0.2) is 5.78 Å². The van der Waals surface area contributed by atoms with Crippen molar-refractivity contribution >= 4 is 11.5 Å². The highest BCUT2D eigenvalue weighted by Gasteiger charge is 2.02. The van der Waals surface area contributed by atoms with Crippen molar-refractivity contribution in [2.24, 2.45) is 0 Å². The van der Waals surface area contributed by atoms with Crippen LogP contribution in [0.1, 0.15) is 35.7 Å². The van der Waals surface area contributed by atoms with Crippen LogP contribution in [0.2, 0.25) is 0 Å². The molecule has 0 radical (unpaired) electrons. The molecule has 0 unspecified atom stereocenters. The first kappa shape index (κ1) is 17.3. The summed E-state index contributed by atoms with van der Waals surface area (Å²) >= 11 is 0. The molecule has 24 heavy (non-hydrogen) atoms. The van der Waals surface area contributed by atoms with Crippen LogP contribution in [0.4, 0.5) is 5.69 Å². The number of hydrogen-bond donors (Lipinski definition) is 1. The van der Waals surface area contributed by atoms with Gasteiger partial charge in [-0.3, -0.25) is 4.79 Å². The van der Waals surface area contributed by atoms with Crippen molar-refractivity contribution in [2.45, 2.75) is 19.8 Å². The summed E-state index contributed by atoms with van der Waals surface area (Å²) < 4.78 is 5.57. The molecule has 122 valence electrons. The van der Waals surface area contributed by atoms with Crippen LogP contribution in [0.15, 0.2) is 60.8 Å². The van der Waals surface area contributed by atoms with Crippen LogP contribution in [0.3, 0.4) is 0 Å². The molecule has 0 spiro atoms. The third-order valence-corrected chi connectivity index (χ3v) is 3.40. The molecular weight excluding hydrogens is 300 g/mol. The Labute approximate surface area is 142 Å². The van der Waals surface area contributed by atoms with Crippen LogP contribution in [0.5, 0.6) is 5.75 Å². The Morgan fingerprint density at radius 2 is 1.88 bits per heavy atom. The number of anilines is 1. The summed E-state index contributed by atoms with van der Waals surface area (Å²) in [5.41, 5.74) is 2.02.